The number of aliphatic imine (C=N–C) groups is 1. The summed E-state index contributed by atoms with van der Waals surface area (Å²) in [4.78, 5) is 17.7. The van der Waals surface area contributed by atoms with Gasteiger partial charge in [-0.1, -0.05) is 13.8 Å². The van der Waals surface area contributed by atoms with Crippen molar-refractivity contribution in [1.82, 2.24) is 15.5 Å². The third kappa shape index (κ3) is 4.44. The Bertz CT molecular complexity index is 682. The highest BCUT2D eigenvalue weighted by Crippen LogP contribution is 2.19. The Hall–Kier alpha value is -2.32. The highest BCUT2D eigenvalue weighted by Gasteiger charge is 2.28. The normalized spacial score (nSPS) is 17.8. The largest absolute Gasteiger partial charge is 0.352 e. The highest BCUT2D eigenvalue weighted by molar-refractivity contribution is 5.81. The first kappa shape index (κ1) is 20.0. The lowest BCUT2D eigenvalue weighted by molar-refractivity contribution is -0.133. The van der Waals surface area contributed by atoms with Crippen molar-refractivity contribution in [2.45, 2.75) is 32.9 Å². The number of guanidine groups is 1. The van der Waals surface area contributed by atoms with Crippen LogP contribution in [0, 0.1) is 29.2 Å². The molecule has 1 aromatic carbocycles. The summed E-state index contributed by atoms with van der Waals surface area (Å²) >= 11 is 0. The van der Waals surface area contributed by atoms with Gasteiger partial charge >= 0.3 is 0 Å². The van der Waals surface area contributed by atoms with Gasteiger partial charge < -0.3 is 15.5 Å². The van der Waals surface area contributed by atoms with E-state index in [1.165, 1.54) is 7.05 Å². The molecule has 0 aliphatic carbocycles. The summed E-state index contributed by atoms with van der Waals surface area (Å²) < 4.78 is 53.9. The van der Waals surface area contributed by atoms with Crippen molar-refractivity contribution in [3.05, 3.63) is 34.9 Å². The second-order valence-corrected chi connectivity index (χ2v) is 6.44. The van der Waals surface area contributed by atoms with Gasteiger partial charge in [0.15, 0.2) is 29.2 Å². The minimum absolute atomic E-state index is 0.0524. The Morgan fingerprint density at radius 2 is 1.88 bits per heavy atom. The van der Waals surface area contributed by atoms with Crippen molar-refractivity contribution >= 4 is 11.9 Å². The molecule has 2 rings (SSSR count). The van der Waals surface area contributed by atoms with E-state index < -0.39 is 35.4 Å². The minimum atomic E-state index is -1.46. The van der Waals surface area contributed by atoms with E-state index >= 15 is 0 Å². The maximum Gasteiger partial charge on any atom is 0.225 e. The quantitative estimate of drug-likeness (QED) is 0.368. The number of likely N-dealkylation sites (tertiary alicyclic amines) is 1. The zero-order valence-corrected chi connectivity index (χ0v) is 14.9. The average molecular weight is 374 g/mol. The maximum absolute atomic E-state index is 13.7. The number of rotatable bonds is 4. The summed E-state index contributed by atoms with van der Waals surface area (Å²) in [6, 6.07) is 0.0860. The Morgan fingerprint density at radius 3 is 2.42 bits per heavy atom. The van der Waals surface area contributed by atoms with Gasteiger partial charge in [0, 0.05) is 50.3 Å². The van der Waals surface area contributed by atoms with E-state index in [2.05, 4.69) is 15.6 Å². The molecule has 1 aliphatic rings. The molecule has 5 nitrogen and oxygen atoms in total. The van der Waals surface area contributed by atoms with Gasteiger partial charge in [-0.3, -0.25) is 9.79 Å². The molecule has 1 fully saturated rings. The fourth-order valence-electron chi connectivity index (χ4n) is 2.78. The minimum Gasteiger partial charge on any atom is -0.352 e. The predicted molar refractivity (Wildman–Crippen MR) is 89.4 cm³/mol. The fraction of sp³-hybridized carbons (Fsp3) is 0.529. The van der Waals surface area contributed by atoms with Gasteiger partial charge in [0.05, 0.1) is 0 Å². The molecule has 144 valence electrons. The molecule has 1 heterocycles. The van der Waals surface area contributed by atoms with E-state index in [0.717, 1.165) is 0 Å². The molecule has 0 bridgehead atoms. The van der Waals surface area contributed by atoms with Crippen molar-refractivity contribution in [2.75, 3.05) is 20.1 Å². The molecule has 0 saturated carbocycles. The van der Waals surface area contributed by atoms with Gasteiger partial charge in [0.1, 0.15) is 0 Å². The molecular formula is C17H22F4N4O. The van der Waals surface area contributed by atoms with Gasteiger partial charge in [-0.2, -0.15) is 0 Å². The monoisotopic (exact) mass is 374 g/mol. The number of hydrogen-bond acceptors (Lipinski definition) is 2. The van der Waals surface area contributed by atoms with E-state index in [1.54, 1.807) is 4.90 Å². The van der Waals surface area contributed by atoms with Crippen LogP contribution in [0.3, 0.4) is 0 Å². The molecule has 9 heteroatoms. The molecule has 0 radical (unpaired) electrons. The molecule has 1 amide bonds. The van der Waals surface area contributed by atoms with Crippen LogP contribution in [0.4, 0.5) is 17.6 Å². The number of amides is 1. The van der Waals surface area contributed by atoms with Crippen LogP contribution >= 0.6 is 0 Å². The summed E-state index contributed by atoms with van der Waals surface area (Å²) in [7, 11) is 1.46. The predicted octanol–water partition coefficient (Wildman–Crippen LogP) is 2.16. The topological polar surface area (TPSA) is 56.7 Å². The Labute approximate surface area is 149 Å². The van der Waals surface area contributed by atoms with E-state index in [4.69, 9.17) is 0 Å². The molecule has 1 aromatic rings. The number of halogens is 4. The van der Waals surface area contributed by atoms with Gasteiger partial charge in [-0.05, 0) is 6.42 Å². The highest BCUT2D eigenvalue weighted by atomic mass is 19.2. The van der Waals surface area contributed by atoms with Crippen LogP contribution in [0.25, 0.3) is 0 Å². The third-order valence-corrected chi connectivity index (χ3v) is 4.19. The van der Waals surface area contributed by atoms with Gasteiger partial charge in [0.2, 0.25) is 5.91 Å². The lowest BCUT2D eigenvalue weighted by Gasteiger charge is -2.20. The van der Waals surface area contributed by atoms with Gasteiger partial charge in [0.25, 0.3) is 0 Å². The van der Waals surface area contributed by atoms with Crippen molar-refractivity contribution in [1.29, 1.82) is 0 Å². The summed E-state index contributed by atoms with van der Waals surface area (Å²) in [5.74, 6) is -5.62. The van der Waals surface area contributed by atoms with Crippen LogP contribution in [-0.2, 0) is 11.3 Å². The fourth-order valence-corrected chi connectivity index (χ4v) is 2.78. The molecule has 1 atom stereocenters. The van der Waals surface area contributed by atoms with Crippen LogP contribution in [0.15, 0.2) is 11.1 Å². The molecule has 0 spiro atoms. The van der Waals surface area contributed by atoms with Crippen molar-refractivity contribution in [2.24, 2.45) is 10.9 Å². The molecule has 0 aromatic heterocycles. The number of hydrogen-bond donors (Lipinski definition) is 2. The second kappa shape index (κ2) is 8.37. The van der Waals surface area contributed by atoms with E-state index in [-0.39, 0.29) is 29.9 Å². The van der Waals surface area contributed by atoms with E-state index in [1.807, 2.05) is 13.8 Å². The smallest absolute Gasteiger partial charge is 0.225 e. The number of benzene rings is 1. The number of nitrogens with one attached hydrogen (secondary N) is 2. The Balaban J connectivity index is 1.97. The molecule has 1 saturated heterocycles. The van der Waals surface area contributed by atoms with E-state index in [9.17, 15) is 22.4 Å². The Morgan fingerprint density at radius 1 is 1.27 bits per heavy atom. The molecule has 1 unspecified atom stereocenters. The van der Waals surface area contributed by atoms with E-state index in [0.29, 0.717) is 19.5 Å². The Kier molecular flexibility index (Phi) is 6.44. The first-order chi connectivity index (χ1) is 12.2. The van der Waals surface area contributed by atoms with Crippen LogP contribution in [0.2, 0.25) is 0 Å². The second-order valence-electron chi connectivity index (χ2n) is 6.44. The standard InChI is InChI=1S/C17H22F4N4O/c1-9(2)16(26)25-5-4-10(8-25)24-17(22-3)23-7-11-14(20)12(18)6-13(19)15(11)21/h6,9-10H,4-5,7-8H2,1-3H3,(H2,22,23,24). The van der Waals surface area contributed by atoms with Crippen LogP contribution in [0.1, 0.15) is 25.8 Å². The van der Waals surface area contributed by atoms with Crippen molar-refractivity contribution in [3.8, 4) is 0 Å². The molecule has 26 heavy (non-hydrogen) atoms. The summed E-state index contributed by atoms with van der Waals surface area (Å²) in [5.41, 5.74) is -0.742. The number of nitrogens with zero attached hydrogens (tertiary/aromatic N) is 2. The number of carbonyl (C=O) groups is 1. The number of carbonyl (C=O) groups excluding carboxylic acids is 1. The molecule has 1 aliphatic heterocycles. The zero-order chi connectivity index (χ0) is 19.4. The van der Waals surface area contributed by atoms with Gasteiger partial charge in [-0.15, -0.1) is 0 Å². The molecule has 2 N–H and O–H groups in total. The summed E-state index contributed by atoms with van der Waals surface area (Å²) in [6.45, 7) is 4.25. The lowest BCUT2D eigenvalue weighted by Crippen LogP contribution is -2.45. The van der Waals surface area contributed by atoms with Crippen LogP contribution in [0.5, 0.6) is 0 Å². The third-order valence-electron chi connectivity index (χ3n) is 4.19. The van der Waals surface area contributed by atoms with Crippen molar-refractivity contribution < 1.29 is 22.4 Å². The SMILES string of the molecule is CN=C(NCc1c(F)c(F)cc(F)c1F)NC1CCN(C(=O)C(C)C)C1. The van der Waals surface area contributed by atoms with Crippen LogP contribution in [-0.4, -0.2) is 42.9 Å². The first-order valence-corrected chi connectivity index (χ1v) is 8.32. The summed E-state index contributed by atoms with van der Waals surface area (Å²) in [6.07, 6.45) is 0.691. The molecular weight excluding hydrogens is 352 g/mol. The van der Waals surface area contributed by atoms with Crippen LogP contribution < -0.4 is 10.6 Å². The van der Waals surface area contributed by atoms with Crippen molar-refractivity contribution in [3.63, 3.8) is 0 Å². The summed E-state index contributed by atoms with van der Waals surface area (Å²) in [5, 5.41) is 5.68. The maximum atomic E-state index is 13.7. The lowest BCUT2D eigenvalue weighted by atomic mass is 10.2. The van der Waals surface area contributed by atoms with Gasteiger partial charge in [-0.25, -0.2) is 17.6 Å². The average Bonchev–Trinajstić information content (AvgIpc) is 3.06. The zero-order valence-electron chi connectivity index (χ0n) is 14.9. The first-order valence-electron chi connectivity index (χ1n) is 8.32.